The van der Waals surface area contributed by atoms with Gasteiger partial charge in [0.15, 0.2) is 5.78 Å². The van der Waals surface area contributed by atoms with Crippen LogP contribution >= 0.6 is 0 Å². The summed E-state index contributed by atoms with van der Waals surface area (Å²) in [5.41, 5.74) is 7.60. The first-order valence-electron chi connectivity index (χ1n) is 6.69. The zero-order valence-electron chi connectivity index (χ0n) is 11.6. The van der Waals surface area contributed by atoms with Gasteiger partial charge in [-0.2, -0.15) is 0 Å². The number of nitrogens with two attached hydrogens (primary N) is 1. The first-order valence-corrected chi connectivity index (χ1v) is 6.69. The smallest absolute Gasteiger partial charge is 0.241 e. The van der Waals surface area contributed by atoms with E-state index in [-0.39, 0.29) is 5.78 Å². The lowest BCUT2D eigenvalue weighted by atomic mass is 10.0. The maximum atomic E-state index is 12.4. The van der Waals surface area contributed by atoms with E-state index in [1.807, 2.05) is 18.2 Å². The zero-order chi connectivity index (χ0) is 15.5. The van der Waals surface area contributed by atoms with Crippen molar-refractivity contribution in [1.29, 1.82) is 0 Å². The van der Waals surface area contributed by atoms with Gasteiger partial charge in [-0.25, -0.2) is 4.98 Å². The standard InChI is InChI=1S/C17H13N3O2/c18-15(21)7-6-12-9-19-17-14(12)8-13(10-20-17)16(22)11-4-2-1-3-5-11/h1-10H,(H2,18,21)(H,19,20). The summed E-state index contributed by atoms with van der Waals surface area (Å²) >= 11 is 0. The fourth-order valence-corrected chi connectivity index (χ4v) is 2.21. The molecule has 0 aliphatic rings. The summed E-state index contributed by atoms with van der Waals surface area (Å²) in [6, 6.07) is 10.8. The van der Waals surface area contributed by atoms with E-state index in [1.165, 1.54) is 12.3 Å². The van der Waals surface area contributed by atoms with E-state index in [2.05, 4.69) is 9.97 Å². The molecular weight excluding hydrogens is 278 g/mol. The van der Waals surface area contributed by atoms with Crippen molar-refractivity contribution < 1.29 is 9.59 Å². The summed E-state index contributed by atoms with van der Waals surface area (Å²) < 4.78 is 0. The molecule has 0 spiro atoms. The number of carbonyl (C=O) groups is 2. The number of rotatable bonds is 4. The van der Waals surface area contributed by atoms with Crippen LogP contribution in [0.1, 0.15) is 21.5 Å². The number of pyridine rings is 1. The highest BCUT2D eigenvalue weighted by Gasteiger charge is 2.11. The van der Waals surface area contributed by atoms with Crippen molar-refractivity contribution in [3.8, 4) is 0 Å². The fraction of sp³-hybridized carbons (Fsp3) is 0. The number of hydrogen-bond donors (Lipinski definition) is 2. The van der Waals surface area contributed by atoms with Crippen molar-refractivity contribution in [2.75, 3.05) is 0 Å². The molecule has 0 bridgehead atoms. The Hall–Kier alpha value is -3.21. The minimum absolute atomic E-state index is 0.0963. The lowest BCUT2D eigenvalue weighted by Crippen LogP contribution is -2.05. The van der Waals surface area contributed by atoms with E-state index >= 15 is 0 Å². The van der Waals surface area contributed by atoms with Crippen molar-refractivity contribution >= 4 is 28.8 Å². The third-order valence-electron chi connectivity index (χ3n) is 3.29. The third kappa shape index (κ3) is 2.64. The minimum atomic E-state index is -0.529. The largest absolute Gasteiger partial charge is 0.366 e. The average molecular weight is 291 g/mol. The van der Waals surface area contributed by atoms with Gasteiger partial charge >= 0.3 is 0 Å². The Morgan fingerprint density at radius 2 is 1.91 bits per heavy atom. The number of hydrogen-bond acceptors (Lipinski definition) is 3. The molecule has 0 fully saturated rings. The van der Waals surface area contributed by atoms with E-state index in [4.69, 9.17) is 5.73 Å². The van der Waals surface area contributed by atoms with Gasteiger partial charge in [-0.1, -0.05) is 30.3 Å². The summed E-state index contributed by atoms with van der Waals surface area (Å²) in [5, 5.41) is 0.763. The molecule has 0 unspecified atom stereocenters. The molecule has 2 heterocycles. The third-order valence-corrected chi connectivity index (χ3v) is 3.29. The summed E-state index contributed by atoms with van der Waals surface area (Å²) in [5.74, 6) is -0.625. The normalized spacial score (nSPS) is 11.1. The summed E-state index contributed by atoms with van der Waals surface area (Å²) in [4.78, 5) is 30.5. The van der Waals surface area contributed by atoms with E-state index in [0.29, 0.717) is 16.8 Å². The molecule has 3 rings (SSSR count). The number of fused-ring (bicyclic) bond motifs is 1. The summed E-state index contributed by atoms with van der Waals surface area (Å²) in [6.07, 6.45) is 6.12. The average Bonchev–Trinajstić information content (AvgIpc) is 2.95. The van der Waals surface area contributed by atoms with Gasteiger partial charge < -0.3 is 10.7 Å². The Morgan fingerprint density at radius 1 is 1.14 bits per heavy atom. The second-order valence-electron chi connectivity index (χ2n) is 4.80. The van der Waals surface area contributed by atoms with Gasteiger partial charge in [-0.3, -0.25) is 9.59 Å². The van der Waals surface area contributed by atoms with Crippen LogP contribution in [0.25, 0.3) is 17.1 Å². The van der Waals surface area contributed by atoms with Crippen molar-refractivity contribution in [2.24, 2.45) is 5.73 Å². The van der Waals surface area contributed by atoms with Crippen LogP contribution in [0.3, 0.4) is 0 Å². The lowest BCUT2D eigenvalue weighted by molar-refractivity contribution is -0.113. The van der Waals surface area contributed by atoms with Crippen molar-refractivity contribution in [1.82, 2.24) is 9.97 Å². The van der Waals surface area contributed by atoms with Crippen molar-refractivity contribution in [3.63, 3.8) is 0 Å². The van der Waals surface area contributed by atoms with Crippen LogP contribution in [-0.4, -0.2) is 21.7 Å². The molecule has 0 saturated carbocycles. The van der Waals surface area contributed by atoms with Crippen LogP contribution in [0.5, 0.6) is 0 Å². The lowest BCUT2D eigenvalue weighted by Gasteiger charge is -2.01. The maximum Gasteiger partial charge on any atom is 0.241 e. The molecule has 0 saturated heterocycles. The van der Waals surface area contributed by atoms with Crippen molar-refractivity contribution in [3.05, 3.63) is 71.6 Å². The Bertz CT molecular complexity index is 879. The van der Waals surface area contributed by atoms with Gasteiger partial charge in [-0.15, -0.1) is 0 Å². The van der Waals surface area contributed by atoms with E-state index in [1.54, 1.807) is 30.5 Å². The van der Waals surface area contributed by atoms with Crippen LogP contribution in [0.2, 0.25) is 0 Å². The predicted molar refractivity (Wildman–Crippen MR) is 84.2 cm³/mol. The van der Waals surface area contributed by atoms with Crippen LogP contribution in [0, 0.1) is 0 Å². The molecule has 2 aromatic heterocycles. The van der Waals surface area contributed by atoms with Crippen molar-refractivity contribution in [2.45, 2.75) is 0 Å². The van der Waals surface area contributed by atoms with Crippen LogP contribution in [0.15, 0.2) is 54.9 Å². The quantitative estimate of drug-likeness (QED) is 0.571. The first kappa shape index (κ1) is 13.8. The second-order valence-corrected chi connectivity index (χ2v) is 4.80. The topological polar surface area (TPSA) is 88.8 Å². The number of aromatic amines is 1. The van der Waals surface area contributed by atoms with Gasteiger partial charge in [0.1, 0.15) is 5.65 Å². The van der Waals surface area contributed by atoms with Crippen LogP contribution < -0.4 is 5.73 Å². The Kier molecular flexibility index (Phi) is 3.53. The summed E-state index contributed by atoms with van der Waals surface area (Å²) in [7, 11) is 0. The molecule has 1 aromatic carbocycles. The second kappa shape index (κ2) is 5.65. The highest BCUT2D eigenvalue weighted by Crippen LogP contribution is 2.20. The van der Waals surface area contributed by atoms with Crippen LogP contribution in [0.4, 0.5) is 0 Å². The van der Waals surface area contributed by atoms with E-state index in [0.717, 1.165) is 10.9 Å². The highest BCUT2D eigenvalue weighted by molar-refractivity contribution is 6.10. The maximum absolute atomic E-state index is 12.4. The number of benzene rings is 1. The Labute approximate surface area is 126 Å². The minimum Gasteiger partial charge on any atom is -0.366 e. The molecule has 0 atom stereocenters. The molecule has 0 radical (unpaired) electrons. The molecule has 3 aromatic rings. The van der Waals surface area contributed by atoms with E-state index < -0.39 is 5.91 Å². The van der Waals surface area contributed by atoms with E-state index in [9.17, 15) is 9.59 Å². The number of H-pyrrole nitrogens is 1. The first-order chi connectivity index (χ1) is 10.6. The molecular formula is C17H13N3O2. The van der Waals surface area contributed by atoms with Gasteiger partial charge in [0.25, 0.3) is 0 Å². The van der Waals surface area contributed by atoms with Gasteiger partial charge in [-0.05, 0) is 12.1 Å². The van der Waals surface area contributed by atoms with Crippen LogP contribution in [-0.2, 0) is 4.79 Å². The Morgan fingerprint density at radius 3 is 2.64 bits per heavy atom. The number of aromatic nitrogens is 2. The SMILES string of the molecule is NC(=O)C=Cc1c[nH]c2ncc(C(=O)c3ccccc3)cc12. The molecule has 0 aliphatic heterocycles. The molecule has 108 valence electrons. The van der Waals surface area contributed by atoms with Gasteiger partial charge in [0.2, 0.25) is 5.91 Å². The molecule has 1 amide bonds. The number of nitrogens with zero attached hydrogens (tertiary/aromatic N) is 1. The molecule has 0 aliphatic carbocycles. The number of ketones is 1. The monoisotopic (exact) mass is 291 g/mol. The number of primary amides is 1. The molecule has 5 heteroatoms. The Balaban J connectivity index is 2.03. The molecule has 3 N–H and O–H groups in total. The predicted octanol–water partition coefficient (Wildman–Crippen LogP) is 2.29. The molecule has 22 heavy (non-hydrogen) atoms. The number of nitrogens with one attached hydrogen (secondary N) is 1. The van der Waals surface area contributed by atoms with Gasteiger partial charge in [0, 0.05) is 40.5 Å². The zero-order valence-corrected chi connectivity index (χ0v) is 11.6. The number of amides is 1. The number of carbonyl (C=O) groups excluding carboxylic acids is 2. The summed E-state index contributed by atoms with van der Waals surface area (Å²) in [6.45, 7) is 0. The van der Waals surface area contributed by atoms with Gasteiger partial charge in [0.05, 0.1) is 0 Å². The fourth-order valence-electron chi connectivity index (χ4n) is 2.21. The highest BCUT2D eigenvalue weighted by atomic mass is 16.1. The molecule has 5 nitrogen and oxygen atoms in total.